The maximum atomic E-state index is 5.88. The molecule has 1 aromatic heterocycles. The molecule has 0 unspecified atom stereocenters. The second-order valence-corrected chi connectivity index (χ2v) is 8.69. The lowest BCUT2D eigenvalue weighted by atomic mass is 9.88. The third-order valence-corrected chi connectivity index (χ3v) is 6.95. The van der Waals surface area contributed by atoms with E-state index in [9.17, 15) is 0 Å². The van der Waals surface area contributed by atoms with Gasteiger partial charge in [-0.2, -0.15) is 0 Å². The van der Waals surface area contributed by atoms with Crippen LogP contribution in [-0.2, 0) is 13.0 Å². The van der Waals surface area contributed by atoms with Crippen molar-refractivity contribution in [2.24, 2.45) is 0 Å². The van der Waals surface area contributed by atoms with E-state index in [1.807, 2.05) is 0 Å². The van der Waals surface area contributed by atoms with Crippen molar-refractivity contribution in [3.63, 3.8) is 0 Å². The lowest BCUT2D eigenvalue weighted by molar-refractivity contribution is 0.227. The first-order valence-electron chi connectivity index (χ1n) is 11.2. The van der Waals surface area contributed by atoms with Gasteiger partial charge in [-0.3, -0.25) is 4.90 Å². The minimum Gasteiger partial charge on any atom is -0.496 e. The Morgan fingerprint density at radius 2 is 1.81 bits per heavy atom. The molecule has 1 atom stereocenters. The van der Waals surface area contributed by atoms with Gasteiger partial charge in [0.25, 0.3) is 0 Å². The fourth-order valence-electron chi connectivity index (χ4n) is 5.41. The van der Waals surface area contributed by atoms with Crippen LogP contribution in [0.4, 0.5) is 0 Å². The Bertz CT molecular complexity index is 1260. The zero-order valence-electron chi connectivity index (χ0n) is 17.8. The number of ether oxygens (including phenoxy) is 1. The molecule has 0 saturated carbocycles. The van der Waals surface area contributed by atoms with Gasteiger partial charge in [-0.15, -0.1) is 0 Å². The fraction of sp³-hybridized carbons (Fsp3) is 0.250. The maximum Gasteiger partial charge on any atom is 0.128 e. The second kappa shape index (κ2) is 7.51. The molecule has 0 N–H and O–H groups in total. The van der Waals surface area contributed by atoms with Gasteiger partial charge in [-0.05, 0) is 59.8 Å². The number of aromatic nitrogens is 1. The molecule has 0 bridgehead atoms. The van der Waals surface area contributed by atoms with Crippen LogP contribution in [0.15, 0.2) is 72.8 Å². The van der Waals surface area contributed by atoms with Crippen molar-refractivity contribution in [2.45, 2.75) is 31.8 Å². The van der Waals surface area contributed by atoms with Gasteiger partial charge >= 0.3 is 0 Å². The van der Waals surface area contributed by atoms with Gasteiger partial charge in [-0.25, -0.2) is 4.98 Å². The monoisotopic (exact) mass is 406 g/mol. The number of nitrogens with zero attached hydrogens (tertiary/aromatic N) is 2. The van der Waals surface area contributed by atoms with Crippen LogP contribution in [0.1, 0.15) is 24.0 Å². The minimum atomic E-state index is 0.636. The van der Waals surface area contributed by atoms with Crippen LogP contribution >= 0.6 is 0 Å². The summed E-state index contributed by atoms with van der Waals surface area (Å²) in [6.07, 6.45) is 3.65. The molecule has 3 heterocycles. The maximum absolute atomic E-state index is 5.88. The molecule has 4 aromatic rings. The predicted octanol–water partition coefficient (Wildman–Crippen LogP) is 6.10. The molecular formula is C28H26N2O. The van der Waals surface area contributed by atoms with Crippen LogP contribution in [0, 0.1) is 0 Å². The number of hydrogen-bond acceptors (Lipinski definition) is 3. The van der Waals surface area contributed by atoms with Crippen molar-refractivity contribution >= 4 is 10.8 Å². The summed E-state index contributed by atoms with van der Waals surface area (Å²) in [5.74, 6) is 0.896. The van der Waals surface area contributed by atoms with Crippen LogP contribution in [-0.4, -0.2) is 29.6 Å². The van der Waals surface area contributed by atoms with Crippen LogP contribution in [0.2, 0.25) is 0 Å². The van der Waals surface area contributed by atoms with Crippen molar-refractivity contribution in [1.29, 1.82) is 0 Å². The molecule has 0 aliphatic carbocycles. The molecule has 3 aromatic carbocycles. The summed E-state index contributed by atoms with van der Waals surface area (Å²) >= 11 is 0. The summed E-state index contributed by atoms with van der Waals surface area (Å²) < 4.78 is 5.88. The number of hydrogen-bond donors (Lipinski definition) is 0. The van der Waals surface area contributed by atoms with Gasteiger partial charge in [0, 0.05) is 18.2 Å². The molecule has 31 heavy (non-hydrogen) atoms. The summed E-state index contributed by atoms with van der Waals surface area (Å²) in [5, 5.41) is 2.42. The molecular weight excluding hydrogens is 380 g/mol. The van der Waals surface area contributed by atoms with Crippen LogP contribution < -0.4 is 4.74 Å². The Morgan fingerprint density at radius 1 is 0.968 bits per heavy atom. The Kier molecular flexibility index (Phi) is 4.50. The number of pyridine rings is 1. The van der Waals surface area contributed by atoms with Gasteiger partial charge in [0.05, 0.1) is 24.1 Å². The number of methoxy groups -OCH3 is 1. The normalized spacial score (nSPS) is 18.0. The van der Waals surface area contributed by atoms with E-state index in [-0.39, 0.29) is 0 Å². The number of rotatable bonds is 3. The van der Waals surface area contributed by atoms with Crippen molar-refractivity contribution in [3.8, 4) is 28.3 Å². The number of benzene rings is 3. The van der Waals surface area contributed by atoms with E-state index in [1.165, 1.54) is 41.3 Å². The summed E-state index contributed by atoms with van der Waals surface area (Å²) in [6.45, 7) is 2.22. The first kappa shape index (κ1) is 18.6. The van der Waals surface area contributed by atoms with E-state index < -0.39 is 0 Å². The zero-order chi connectivity index (χ0) is 20.8. The standard InChI is InChI=1S/C28H26N2O/c1-31-26-14-13-19-8-5-6-12-23(19)27(26)28-24-17-22-11-7-15-30(22)18-21(24)16-25(29-28)20-9-3-2-4-10-20/h2-6,8-10,12-14,16,22H,7,11,15,17-18H2,1H3/t22-/m0/s1. The third-order valence-electron chi connectivity index (χ3n) is 6.95. The molecule has 3 heteroatoms. The Balaban J connectivity index is 1.65. The van der Waals surface area contributed by atoms with Crippen molar-refractivity contribution in [2.75, 3.05) is 13.7 Å². The molecule has 1 saturated heterocycles. The van der Waals surface area contributed by atoms with Gasteiger partial charge in [-0.1, -0.05) is 60.7 Å². The van der Waals surface area contributed by atoms with E-state index in [0.717, 1.165) is 41.2 Å². The highest BCUT2D eigenvalue weighted by Gasteiger charge is 2.33. The Hall–Kier alpha value is -3.17. The summed E-state index contributed by atoms with van der Waals surface area (Å²) in [5.41, 5.74) is 7.24. The highest BCUT2D eigenvalue weighted by Crippen LogP contribution is 2.42. The highest BCUT2D eigenvalue weighted by atomic mass is 16.5. The first-order chi connectivity index (χ1) is 15.3. The van der Waals surface area contributed by atoms with E-state index in [4.69, 9.17) is 9.72 Å². The quantitative estimate of drug-likeness (QED) is 0.411. The average Bonchev–Trinajstić information content (AvgIpc) is 3.29. The fourth-order valence-corrected chi connectivity index (χ4v) is 5.41. The average molecular weight is 407 g/mol. The molecule has 3 nitrogen and oxygen atoms in total. The lowest BCUT2D eigenvalue weighted by Crippen LogP contribution is -2.35. The molecule has 1 fully saturated rings. The summed E-state index contributed by atoms with van der Waals surface area (Å²) in [4.78, 5) is 7.95. The minimum absolute atomic E-state index is 0.636. The zero-order valence-corrected chi connectivity index (χ0v) is 17.8. The van der Waals surface area contributed by atoms with Crippen molar-refractivity contribution in [1.82, 2.24) is 9.88 Å². The van der Waals surface area contributed by atoms with Crippen LogP contribution in [0.5, 0.6) is 5.75 Å². The first-order valence-corrected chi connectivity index (χ1v) is 11.2. The van der Waals surface area contributed by atoms with Gasteiger partial charge in [0.1, 0.15) is 5.75 Å². The molecule has 2 aliphatic heterocycles. The molecule has 6 rings (SSSR count). The predicted molar refractivity (Wildman–Crippen MR) is 126 cm³/mol. The topological polar surface area (TPSA) is 25.4 Å². The smallest absolute Gasteiger partial charge is 0.128 e. The van der Waals surface area contributed by atoms with Gasteiger partial charge < -0.3 is 4.74 Å². The van der Waals surface area contributed by atoms with Gasteiger partial charge in [0.2, 0.25) is 0 Å². The van der Waals surface area contributed by atoms with Crippen molar-refractivity contribution in [3.05, 3.63) is 83.9 Å². The molecule has 0 amide bonds. The third kappa shape index (κ3) is 3.12. The SMILES string of the molecule is COc1ccc2ccccc2c1-c1nc(-c2ccccc2)cc2c1C[C@@H]1CCCN1C2. The molecule has 0 radical (unpaired) electrons. The highest BCUT2D eigenvalue weighted by molar-refractivity contribution is 6.00. The molecule has 0 spiro atoms. The van der Waals surface area contributed by atoms with Crippen LogP contribution in [0.25, 0.3) is 33.3 Å². The van der Waals surface area contributed by atoms with E-state index >= 15 is 0 Å². The van der Waals surface area contributed by atoms with Crippen molar-refractivity contribution < 1.29 is 4.74 Å². The van der Waals surface area contributed by atoms with E-state index in [2.05, 4.69) is 77.7 Å². The summed E-state index contributed by atoms with van der Waals surface area (Å²) in [7, 11) is 1.76. The van der Waals surface area contributed by atoms with E-state index in [1.54, 1.807) is 7.11 Å². The second-order valence-electron chi connectivity index (χ2n) is 8.69. The lowest BCUT2D eigenvalue weighted by Gasteiger charge is -2.33. The molecule has 2 aliphatic rings. The van der Waals surface area contributed by atoms with Crippen LogP contribution in [0.3, 0.4) is 0 Å². The summed E-state index contributed by atoms with van der Waals surface area (Å²) in [6, 6.07) is 26.3. The largest absolute Gasteiger partial charge is 0.496 e. The Morgan fingerprint density at radius 3 is 2.68 bits per heavy atom. The Labute approximate surface area is 183 Å². The van der Waals surface area contributed by atoms with Gasteiger partial charge in [0.15, 0.2) is 0 Å². The molecule has 154 valence electrons. The number of fused-ring (bicyclic) bond motifs is 3. The van der Waals surface area contributed by atoms with E-state index in [0.29, 0.717) is 6.04 Å².